The van der Waals surface area contributed by atoms with E-state index in [9.17, 15) is 24.9 Å². The zero-order valence-electron chi connectivity index (χ0n) is 11.5. The molecule has 0 aliphatic rings. The molecule has 116 valence electrons. The van der Waals surface area contributed by atoms with Gasteiger partial charge in [0.05, 0.1) is 6.61 Å². The summed E-state index contributed by atoms with van der Waals surface area (Å²) in [6, 6.07) is 4.68. The summed E-state index contributed by atoms with van der Waals surface area (Å²) in [7, 11) is 0. The first-order valence-corrected chi connectivity index (χ1v) is 6.36. The fourth-order valence-corrected chi connectivity index (χ4v) is 1.81. The van der Waals surface area contributed by atoms with Gasteiger partial charge in [-0.2, -0.15) is 0 Å². The quantitative estimate of drug-likeness (QED) is 0.294. The summed E-state index contributed by atoms with van der Waals surface area (Å²) in [5.41, 5.74) is 6.20. The van der Waals surface area contributed by atoms with Crippen LogP contribution in [0.25, 0.3) is 0 Å². The zero-order valence-corrected chi connectivity index (χ0v) is 11.5. The fourth-order valence-electron chi connectivity index (χ4n) is 1.81. The molecule has 0 saturated heterocycles. The van der Waals surface area contributed by atoms with Crippen LogP contribution in [0.2, 0.25) is 0 Å². The largest absolute Gasteiger partial charge is 0.394 e. The molecule has 1 rings (SSSR count). The molecule has 7 nitrogen and oxygen atoms in total. The van der Waals surface area contributed by atoms with Crippen LogP contribution in [-0.4, -0.2) is 63.0 Å². The molecule has 21 heavy (non-hydrogen) atoms. The van der Waals surface area contributed by atoms with Crippen molar-refractivity contribution in [1.82, 2.24) is 0 Å². The van der Waals surface area contributed by atoms with E-state index in [-0.39, 0.29) is 5.56 Å². The minimum absolute atomic E-state index is 0.155. The van der Waals surface area contributed by atoms with Gasteiger partial charge in [0.1, 0.15) is 24.4 Å². The highest BCUT2D eigenvalue weighted by Gasteiger charge is 2.36. The Labute approximate surface area is 121 Å². The Morgan fingerprint density at radius 1 is 1.14 bits per heavy atom. The van der Waals surface area contributed by atoms with Gasteiger partial charge in [-0.3, -0.25) is 9.59 Å². The predicted molar refractivity (Wildman–Crippen MR) is 73.6 cm³/mol. The average molecular weight is 297 g/mol. The van der Waals surface area contributed by atoms with Crippen LogP contribution in [0.5, 0.6) is 0 Å². The lowest BCUT2D eigenvalue weighted by atomic mass is 9.93. The summed E-state index contributed by atoms with van der Waals surface area (Å²) in [5.74, 6) is -1.97. The number of ketones is 2. The molecule has 6 N–H and O–H groups in total. The van der Waals surface area contributed by atoms with Crippen LogP contribution < -0.4 is 5.73 Å². The second-order valence-corrected chi connectivity index (χ2v) is 4.77. The number of nitrogens with two attached hydrogens (primary N) is 1. The molecule has 0 heterocycles. The van der Waals surface area contributed by atoms with Crippen LogP contribution in [0, 0.1) is 6.92 Å². The molecule has 0 spiro atoms. The SMILES string of the molecule is Cc1ccccc1C(=O)C(=O)[C@H](N)[C@@H](O)[C@H](O)[C@H](O)CO. The maximum atomic E-state index is 12.0. The van der Waals surface area contributed by atoms with Crippen molar-refractivity contribution in [3.8, 4) is 0 Å². The Morgan fingerprint density at radius 2 is 1.71 bits per heavy atom. The topological polar surface area (TPSA) is 141 Å². The highest BCUT2D eigenvalue weighted by atomic mass is 16.4. The smallest absolute Gasteiger partial charge is 0.230 e. The van der Waals surface area contributed by atoms with E-state index in [1.54, 1.807) is 25.1 Å². The lowest BCUT2D eigenvalue weighted by molar-refractivity contribution is -0.125. The molecule has 0 fully saturated rings. The Hall–Kier alpha value is -1.64. The first-order valence-electron chi connectivity index (χ1n) is 6.36. The highest BCUT2D eigenvalue weighted by Crippen LogP contribution is 2.11. The monoisotopic (exact) mass is 297 g/mol. The number of Topliss-reactive ketones (excluding diaryl/α,β-unsaturated/α-hetero) is 2. The van der Waals surface area contributed by atoms with E-state index in [4.69, 9.17) is 10.8 Å². The first-order chi connectivity index (χ1) is 9.81. The van der Waals surface area contributed by atoms with Crippen LogP contribution >= 0.6 is 0 Å². The van der Waals surface area contributed by atoms with E-state index < -0.39 is 42.5 Å². The van der Waals surface area contributed by atoms with E-state index in [1.165, 1.54) is 6.07 Å². The highest BCUT2D eigenvalue weighted by molar-refractivity contribution is 6.45. The van der Waals surface area contributed by atoms with Crippen molar-refractivity contribution in [2.24, 2.45) is 5.73 Å². The molecule has 0 aromatic heterocycles. The molecule has 0 bridgehead atoms. The second-order valence-electron chi connectivity index (χ2n) is 4.77. The van der Waals surface area contributed by atoms with Gasteiger partial charge in [0, 0.05) is 5.56 Å². The average Bonchev–Trinajstić information content (AvgIpc) is 2.50. The van der Waals surface area contributed by atoms with Gasteiger partial charge in [0.2, 0.25) is 11.6 Å². The fraction of sp³-hybridized carbons (Fsp3) is 0.429. The van der Waals surface area contributed by atoms with Gasteiger partial charge in [-0.25, -0.2) is 0 Å². The number of carbonyl (C=O) groups is 2. The number of aryl methyl sites for hydroxylation is 1. The molecule has 7 heteroatoms. The van der Waals surface area contributed by atoms with Gasteiger partial charge in [0.25, 0.3) is 0 Å². The van der Waals surface area contributed by atoms with Crippen molar-refractivity contribution in [2.45, 2.75) is 31.3 Å². The third-order valence-corrected chi connectivity index (χ3v) is 3.22. The van der Waals surface area contributed by atoms with E-state index in [0.29, 0.717) is 5.56 Å². The number of aliphatic hydroxyl groups is 4. The third-order valence-electron chi connectivity index (χ3n) is 3.22. The first kappa shape index (κ1) is 17.4. The molecule has 0 saturated carbocycles. The van der Waals surface area contributed by atoms with Crippen LogP contribution in [0.1, 0.15) is 15.9 Å². The van der Waals surface area contributed by atoms with Crippen molar-refractivity contribution < 1.29 is 30.0 Å². The maximum Gasteiger partial charge on any atom is 0.230 e. The van der Waals surface area contributed by atoms with E-state index in [0.717, 1.165) is 0 Å². The van der Waals surface area contributed by atoms with Gasteiger partial charge < -0.3 is 26.2 Å². The minimum Gasteiger partial charge on any atom is -0.394 e. The molecular weight excluding hydrogens is 278 g/mol. The molecule has 0 amide bonds. The summed E-state index contributed by atoms with van der Waals surface area (Å²) in [6.45, 7) is 0.831. The van der Waals surface area contributed by atoms with Crippen molar-refractivity contribution >= 4 is 11.6 Å². The van der Waals surface area contributed by atoms with Crippen molar-refractivity contribution in [1.29, 1.82) is 0 Å². The van der Waals surface area contributed by atoms with E-state index in [1.807, 2.05) is 0 Å². The van der Waals surface area contributed by atoms with Crippen LogP contribution in [0.4, 0.5) is 0 Å². The second kappa shape index (κ2) is 7.39. The number of carbonyl (C=O) groups excluding carboxylic acids is 2. The Kier molecular flexibility index (Phi) is 6.13. The van der Waals surface area contributed by atoms with Gasteiger partial charge in [-0.1, -0.05) is 24.3 Å². The normalized spacial score (nSPS) is 16.9. The van der Waals surface area contributed by atoms with Gasteiger partial charge in [-0.05, 0) is 12.5 Å². The number of hydrogen-bond acceptors (Lipinski definition) is 7. The lowest BCUT2D eigenvalue weighted by Gasteiger charge is -2.25. The molecule has 1 aromatic carbocycles. The summed E-state index contributed by atoms with van der Waals surface area (Å²) in [6.07, 6.45) is -5.36. The van der Waals surface area contributed by atoms with Gasteiger partial charge >= 0.3 is 0 Å². The van der Waals surface area contributed by atoms with Crippen molar-refractivity contribution in [2.75, 3.05) is 6.61 Å². The minimum atomic E-state index is -1.87. The summed E-state index contributed by atoms with van der Waals surface area (Å²) in [4.78, 5) is 24.0. The maximum absolute atomic E-state index is 12.0. The molecular formula is C14H19NO6. The van der Waals surface area contributed by atoms with Crippen LogP contribution in [0.3, 0.4) is 0 Å². The van der Waals surface area contributed by atoms with Crippen LogP contribution in [-0.2, 0) is 4.79 Å². The summed E-state index contributed by atoms with van der Waals surface area (Å²) >= 11 is 0. The summed E-state index contributed by atoms with van der Waals surface area (Å²) in [5, 5.41) is 37.1. The molecule has 0 unspecified atom stereocenters. The van der Waals surface area contributed by atoms with Crippen molar-refractivity contribution in [3.63, 3.8) is 0 Å². The molecule has 0 aliphatic carbocycles. The zero-order chi connectivity index (χ0) is 16.2. The lowest BCUT2D eigenvalue weighted by Crippen LogP contribution is -2.54. The van der Waals surface area contributed by atoms with Gasteiger partial charge in [0.15, 0.2) is 0 Å². The van der Waals surface area contributed by atoms with Crippen molar-refractivity contribution in [3.05, 3.63) is 35.4 Å². The number of hydrogen-bond donors (Lipinski definition) is 5. The standard InChI is InChI=1S/C14H19NO6/c1-7-4-2-3-5-8(7)11(18)13(20)10(15)14(21)12(19)9(17)6-16/h2-5,9-10,12,14,16-17,19,21H,6,15H2,1H3/t9-,10+,12-,14-/m1/s1. The Bertz CT molecular complexity index is 518. The summed E-state index contributed by atoms with van der Waals surface area (Å²) < 4.78 is 0. The van der Waals surface area contributed by atoms with E-state index >= 15 is 0 Å². The van der Waals surface area contributed by atoms with Crippen LogP contribution in [0.15, 0.2) is 24.3 Å². The molecule has 1 aromatic rings. The van der Waals surface area contributed by atoms with E-state index in [2.05, 4.69) is 0 Å². The Morgan fingerprint density at radius 3 is 2.24 bits per heavy atom. The number of rotatable bonds is 7. The Balaban J connectivity index is 2.88. The molecule has 4 atom stereocenters. The van der Waals surface area contributed by atoms with Gasteiger partial charge in [-0.15, -0.1) is 0 Å². The predicted octanol–water partition coefficient (Wildman–Crippen LogP) is -1.85. The molecule has 0 aliphatic heterocycles. The number of aliphatic hydroxyl groups excluding tert-OH is 4. The number of benzene rings is 1. The third kappa shape index (κ3) is 3.93. The molecule has 0 radical (unpaired) electrons.